The van der Waals surface area contributed by atoms with Crippen molar-refractivity contribution in [3.8, 4) is 0 Å². The molecule has 20 heavy (non-hydrogen) atoms. The van der Waals surface area contributed by atoms with Gasteiger partial charge in [-0.15, -0.1) is 12.4 Å². The molecule has 1 saturated heterocycles. The van der Waals surface area contributed by atoms with Crippen LogP contribution in [0.25, 0.3) is 0 Å². The molecular weight excluding hydrogens is 283 g/mol. The van der Waals surface area contributed by atoms with Crippen LogP contribution in [0.15, 0.2) is 30.3 Å². The van der Waals surface area contributed by atoms with Crippen molar-refractivity contribution in [2.75, 3.05) is 19.6 Å². The van der Waals surface area contributed by atoms with E-state index in [0.717, 1.165) is 5.56 Å². The van der Waals surface area contributed by atoms with Crippen molar-refractivity contribution >= 4 is 18.5 Å². The van der Waals surface area contributed by atoms with E-state index in [0.29, 0.717) is 25.9 Å². The largest absolute Gasteiger partial charge is 0.445 e. The van der Waals surface area contributed by atoms with Gasteiger partial charge in [0, 0.05) is 0 Å². The third kappa shape index (κ3) is 5.35. The molecule has 112 valence electrons. The molecule has 6 heteroatoms. The van der Waals surface area contributed by atoms with Gasteiger partial charge in [-0.05, 0) is 31.5 Å². The molecule has 1 amide bonds. The Morgan fingerprint density at radius 2 is 1.95 bits per heavy atom. The molecule has 1 aliphatic heterocycles. The quantitative estimate of drug-likeness (QED) is 0.898. The fourth-order valence-electron chi connectivity index (χ4n) is 2.06. The first-order valence-electron chi connectivity index (χ1n) is 6.52. The Morgan fingerprint density at radius 1 is 1.30 bits per heavy atom. The van der Waals surface area contributed by atoms with Crippen molar-refractivity contribution < 1.29 is 13.9 Å². The number of alkyl carbamates (subject to hydrolysis) is 1. The first-order chi connectivity index (χ1) is 9.18. The van der Waals surface area contributed by atoms with Gasteiger partial charge in [0.15, 0.2) is 0 Å². The Morgan fingerprint density at radius 3 is 2.60 bits per heavy atom. The predicted molar refractivity (Wildman–Crippen MR) is 77.8 cm³/mol. The number of nitrogens with one attached hydrogen (secondary N) is 2. The summed E-state index contributed by atoms with van der Waals surface area (Å²) in [7, 11) is 0. The zero-order chi connectivity index (χ0) is 13.6. The lowest BCUT2D eigenvalue weighted by molar-refractivity contribution is 0.0985. The van der Waals surface area contributed by atoms with Gasteiger partial charge in [0.25, 0.3) is 0 Å². The van der Waals surface area contributed by atoms with Crippen LogP contribution in [0.3, 0.4) is 0 Å². The molecule has 1 aromatic rings. The zero-order valence-electron chi connectivity index (χ0n) is 11.2. The van der Waals surface area contributed by atoms with Crippen LogP contribution in [-0.4, -0.2) is 31.4 Å². The molecule has 0 aromatic heterocycles. The van der Waals surface area contributed by atoms with E-state index in [1.807, 2.05) is 30.3 Å². The number of carbonyl (C=O) groups is 1. The topological polar surface area (TPSA) is 50.4 Å². The number of rotatable bonds is 4. The fraction of sp³-hybridized carbons (Fsp3) is 0.500. The van der Waals surface area contributed by atoms with E-state index < -0.39 is 11.8 Å². The molecule has 4 nitrogen and oxygen atoms in total. The summed E-state index contributed by atoms with van der Waals surface area (Å²) in [6.07, 6.45) is 0.275. The minimum Gasteiger partial charge on any atom is -0.445 e. The molecule has 1 aliphatic rings. The smallest absolute Gasteiger partial charge is 0.407 e. The van der Waals surface area contributed by atoms with Crippen LogP contribution in [0.5, 0.6) is 0 Å². The maximum atomic E-state index is 14.2. The number of ether oxygens (including phenoxy) is 1. The Bertz CT molecular complexity index is 411. The van der Waals surface area contributed by atoms with E-state index in [-0.39, 0.29) is 25.6 Å². The highest BCUT2D eigenvalue weighted by atomic mass is 35.5. The summed E-state index contributed by atoms with van der Waals surface area (Å²) < 4.78 is 19.2. The van der Waals surface area contributed by atoms with Crippen LogP contribution < -0.4 is 10.6 Å². The normalized spacial score (nSPS) is 16.9. The van der Waals surface area contributed by atoms with Gasteiger partial charge in [0.2, 0.25) is 0 Å². The third-order valence-corrected chi connectivity index (χ3v) is 3.26. The number of hydrogen-bond acceptors (Lipinski definition) is 3. The highest BCUT2D eigenvalue weighted by molar-refractivity contribution is 5.85. The Labute approximate surface area is 124 Å². The van der Waals surface area contributed by atoms with E-state index >= 15 is 0 Å². The molecule has 0 atom stereocenters. The highest BCUT2D eigenvalue weighted by Gasteiger charge is 2.32. The number of amides is 1. The number of halogens is 2. The molecule has 0 spiro atoms. The van der Waals surface area contributed by atoms with Crippen LogP contribution in [0.4, 0.5) is 9.18 Å². The van der Waals surface area contributed by atoms with Crippen LogP contribution >= 0.6 is 12.4 Å². The van der Waals surface area contributed by atoms with Crippen molar-refractivity contribution in [2.45, 2.75) is 25.1 Å². The van der Waals surface area contributed by atoms with Gasteiger partial charge in [0.1, 0.15) is 12.3 Å². The second-order valence-electron chi connectivity index (χ2n) is 4.82. The molecule has 2 N–H and O–H groups in total. The maximum Gasteiger partial charge on any atom is 0.407 e. The Kier molecular flexibility index (Phi) is 6.75. The van der Waals surface area contributed by atoms with E-state index in [2.05, 4.69) is 10.6 Å². The molecular formula is C14H20ClFN2O2. The molecule has 1 heterocycles. The van der Waals surface area contributed by atoms with Crippen molar-refractivity contribution in [1.82, 2.24) is 10.6 Å². The van der Waals surface area contributed by atoms with Crippen LogP contribution in [-0.2, 0) is 11.3 Å². The van der Waals surface area contributed by atoms with Crippen molar-refractivity contribution in [3.05, 3.63) is 35.9 Å². The fourth-order valence-corrected chi connectivity index (χ4v) is 2.06. The molecule has 1 aromatic carbocycles. The van der Waals surface area contributed by atoms with Gasteiger partial charge in [-0.3, -0.25) is 0 Å². The van der Waals surface area contributed by atoms with Gasteiger partial charge in [-0.1, -0.05) is 30.3 Å². The van der Waals surface area contributed by atoms with Gasteiger partial charge in [-0.25, -0.2) is 9.18 Å². The second kappa shape index (κ2) is 8.07. The summed E-state index contributed by atoms with van der Waals surface area (Å²) in [6, 6.07) is 9.39. The standard InChI is InChI=1S/C14H19FN2O2.ClH/c15-14(6-8-16-9-7-14)11-17-13(18)19-10-12-4-2-1-3-5-12;/h1-5,16H,6-11H2,(H,17,18);1H. The number of piperidine rings is 1. The van der Waals surface area contributed by atoms with Crippen LogP contribution in [0, 0.1) is 0 Å². The highest BCUT2D eigenvalue weighted by Crippen LogP contribution is 2.21. The van der Waals surface area contributed by atoms with E-state index in [4.69, 9.17) is 4.74 Å². The Hall–Kier alpha value is -1.33. The van der Waals surface area contributed by atoms with Gasteiger partial charge in [0.05, 0.1) is 6.54 Å². The molecule has 0 saturated carbocycles. The maximum absolute atomic E-state index is 14.2. The summed E-state index contributed by atoms with van der Waals surface area (Å²) in [6.45, 7) is 1.52. The predicted octanol–water partition coefficient (Wildman–Crippen LogP) is 2.43. The van der Waals surface area contributed by atoms with E-state index in [1.54, 1.807) is 0 Å². The van der Waals surface area contributed by atoms with Gasteiger partial charge in [-0.2, -0.15) is 0 Å². The lowest BCUT2D eigenvalue weighted by Gasteiger charge is -2.29. The van der Waals surface area contributed by atoms with Gasteiger partial charge < -0.3 is 15.4 Å². The lowest BCUT2D eigenvalue weighted by atomic mass is 9.94. The van der Waals surface area contributed by atoms with Crippen LogP contribution in [0.1, 0.15) is 18.4 Å². The van der Waals surface area contributed by atoms with E-state index in [1.165, 1.54) is 0 Å². The van der Waals surface area contributed by atoms with Crippen molar-refractivity contribution in [2.24, 2.45) is 0 Å². The average Bonchev–Trinajstić information content (AvgIpc) is 2.45. The minimum absolute atomic E-state index is 0. The molecule has 2 rings (SSSR count). The number of carbonyl (C=O) groups excluding carboxylic acids is 1. The molecule has 0 radical (unpaired) electrons. The first-order valence-corrected chi connectivity index (χ1v) is 6.52. The van der Waals surface area contributed by atoms with Gasteiger partial charge >= 0.3 is 6.09 Å². The minimum atomic E-state index is -1.31. The molecule has 0 aliphatic carbocycles. The second-order valence-corrected chi connectivity index (χ2v) is 4.82. The SMILES string of the molecule is Cl.O=C(NCC1(F)CCNCC1)OCc1ccccc1. The Balaban J connectivity index is 0.00000200. The number of benzene rings is 1. The van der Waals surface area contributed by atoms with E-state index in [9.17, 15) is 9.18 Å². The summed E-state index contributed by atoms with van der Waals surface area (Å²) in [5.74, 6) is 0. The molecule has 1 fully saturated rings. The van der Waals surface area contributed by atoms with Crippen LogP contribution in [0.2, 0.25) is 0 Å². The zero-order valence-corrected chi connectivity index (χ0v) is 12.0. The number of alkyl halides is 1. The first kappa shape index (κ1) is 16.7. The summed E-state index contributed by atoms with van der Waals surface area (Å²) >= 11 is 0. The third-order valence-electron chi connectivity index (χ3n) is 3.26. The molecule has 0 bridgehead atoms. The molecule has 0 unspecified atom stereocenters. The number of hydrogen-bond donors (Lipinski definition) is 2. The summed E-state index contributed by atoms with van der Waals surface area (Å²) in [5.41, 5.74) is -0.397. The monoisotopic (exact) mass is 302 g/mol. The average molecular weight is 303 g/mol. The lowest BCUT2D eigenvalue weighted by Crippen LogP contribution is -2.46. The summed E-state index contributed by atoms with van der Waals surface area (Å²) in [4.78, 5) is 11.5. The van der Waals surface area contributed by atoms with Crippen molar-refractivity contribution in [3.63, 3.8) is 0 Å². The summed E-state index contributed by atoms with van der Waals surface area (Å²) in [5, 5.41) is 5.59. The van der Waals surface area contributed by atoms with Crippen molar-refractivity contribution in [1.29, 1.82) is 0 Å².